The summed E-state index contributed by atoms with van der Waals surface area (Å²) >= 11 is 0. The molecule has 2 amide bonds. The molecule has 0 radical (unpaired) electrons. The SMILES string of the molecule is CCN(C(=O)C1CC1C(=O)N(CC)c1ccccc1)c1ccccc1. The molecule has 2 unspecified atom stereocenters. The number of carbonyl (C=O) groups excluding carboxylic acids is 2. The molecule has 0 spiro atoms. The third-order valence-corrected chi connectivity index (χ3v) is 4.73. The summed E-state index contributed by atoms with van der Waals surface area (Å²) in [6.45, 7) is 5.14. The molecule has 0 N–H and O–H groups in total. The van der Waals surface area contributed by atoms with E-state index in [9.17, 15) is 9.59 Å². The summed E-state index contributed by atoms with van der Waals surface area (Å²) in [4.78, 5) is 29.3. The van der Waals surface area contributed by atoms with Crippen molar-refractivity contribution in [2.75, 3.05) is 22.9 Å². The molecule has 1 fully saturated rings. The van der Waals surface area contributed by atoms with Crippen molar-refractivity contribution in [1.82, 2.24) is 0 Å². The van der Waals surface area contributed by atoms with Gasteiger partial charge < -0.3 is 9.80 Å². The van der Waals surface area contributed by atoms with Crippen LogP contribution < -0.4 is 9.80 Å². The van der Waals surface area contributed by atoms with E-state index in [0.29, 0.717) is 19.5 Å². The molecule has 0 bridgehead atoms. The fourth-order valence-corrected chi connectivity index (χ4v) is 3.29. The molecule has 2 atom stereocenters. The lowest BCUT2D eigenvalue weighted by atomic mass is 10.2. The number of anilines is 2. The minimum atomic E-state index is -0.203. The smallest absolute Gasteiger partial charge is 0.230 e. The van der Waals surface area contributed by atoms with Crippen LogP contribution >= 0.6 is 0 Å². The van der Waals surface area contributed by atoms with Gasteiger partial charge in [0.2, 0.25) is 11.8 Å². The van der Waals surface area contributed by atoms with Crippen LogP contribution in [-0.2, 0) is 9.59 Å². The maximum Gasteiger partial charge on any atom is 0.230 e. The van der Waals surface area contributed by atoms with Crippen LogP contribution in [0.25, 0.3) is 0 Å². The van der Waals surface area contributed by atoms with E-state index in [1.54, 1.807) is 9.80 Å². The quantitative estimate of drug-likeness (QED) is 0.806. The number of carbonyl (C=O) groups is 2. The van der Waals surface area contributed by atoms with Crippen LogP contribution in [0.1, 0.15) is 20.3 Å². The largest absolute Gasteiger partial charge is 0.312 e. The van der Waals surface area contributed by atoms with Crippen molar-refractivity contribution < 1.29 is 9.59 Å². The van der Waals surface area contributed by atoms with Gasteiger partial charge in [-0.05, 0) is 44.5 Å². The lowest BCUT2D eigenvalue weighted by molar-refractivity contribution is -0.124. The summed E-state index contributed by atoms with van der Waals surface area (Å²) in [6, 6.07) is 19.3. The fraction of sp³-hybridized carbons (Fsp3) is 0.333. The van der Waals surface area contributed by atoms with Crippen LogP contribution in [-0.4, -0.2) is 24.9 Å². The van der Waals surface area contributed by atoms with E-state index < -0.39 is 0 Å². The monoisotopic (exact) mass is 336 g/mol. The Balaban J connectivity index is 1.70. The molecule has 0 saturated heterocycles. The second-order valence-electron chi connectivity index (χ2n) is 6.28. The summed E-state index contributed by atoms with van der Waals surface area (Å²) in [5.74, 6) is -0.303. The fourth-order valence-electron chi connectivity index (χ4n) is 3.29. The molecule has 130 valence electrons. The number of hydrogen-bond donors (Lipinski definition) is 0. The van der Waals surface area contributed by atoms with E-state index in [4.69, 9.17) is 0 Å². The van der Waals surface area contributed by atoms with Crippen molar-refractivity contribution in [2.24, 2.45) is 11.8 Å². The summed E-state index contributed by atoms with van der Waals surface area (Å²) in [5.41, 5.74) is 1.78. The number of para-hydroxylation sites is 2. The molecule has 1 aliphatic carbocycles. The minimum Gasteiger partial charge on any atom is -0.312 e. The third kappa shape index (κ3) is 3.58. The predicted octanol–water partition coefficient (Wildman–Crippen LogP) is 3.73. The third-order valence-electron chi connectivity index (χ3n) is 4.73. The average Bonchev–Trinajstić information content (AvgIpc) is 3.45. The Morgan fingerprint density at radius 2 is 1.12 bits per heavy atom. The van der Waals surface area contributed by atoms with E-state index in [1.807, 2.05) is 74.5 Å². The van der Waals surface area contributed by atoms with Gasteiger partial charge in [-0.25, -0.2) is 0 Å². The standard InChI is InChI=1S/C21H24N2O2/c1-3-22(16-11-7-5-8-12-16)20(24)18-15-19(18)21(25)23(4-2)17-13-9-6-10-14-17/h5-14,18-19H,3-4,15H2,1-2H3. The first-order valence-electron chi connectivity index (χ1n) is 8.90. The highest BCUT2D eigenvalue weighted by molar-refractivity contribution is 6.05. The number of rotatable bonds is 6. The Morgan fingerprint density at radius 1 is 0.760 bits per heavy atom. The molecule has 4 nitrogen and oxygen atoms in total. The maximum atomic E-state index is 12.9. The van der Waals surface area contributed by atoms with E-state index >= 15 is 0 Å². The first kappa shape index (κ1) is 17.2. The average molecular weight is 336 g/mol. The molecular weight excluding hydrogens is 312 g/mol. The first-order chi connectivity index (χ1) is 12.2. The molecule has 25 heavy (non-hydrogen) atoms. The molecule has 2 aromatic carbocycles. The molecule has 0 aromatic heterocycles. The van der Waals surface area contributed by atoms with E-state index in [2.05, 4.69) is 0 Å². The summed E-state index contributed by atoms with van der Waals surface area (Å²) in [7, 11) is 0. The van der Waals surface area contributed by atoms with Gasteiger partial charge in [-0.2, -0.15) is 0 Å². The zero-order valence-corrected chi connectivity index (χ0v) is 14.8. The number of benzene rings is 2. The Morgan fingerprint density at radius 3 is 1.44 bits per heavy atom. The zero-order valence-electron chi connectivity index (χ0n) is 14.8. The van der Waals surface area contributed by atoms with Crippen LogP contribution in [0.5, 0.6) is 0 Å². The number of nitrogens with zero attached hydrogens (tertiary/aromatic N) is 2. The molecule has 3 rings (SSSR count). The number of amides is 2. The van der Waals surface area contributed by atoms with E-state index in [-0.39, 0.29) is 23.7 Å². The van der Waals surface area contributed by atoms with Gasteiger partial charge in [0.25, 0.3) is 0 Å². The second-order valence-corrected chi connectivity index (χ2v) is 6.28. The van der Waals surface area contributed by atoms with Crippen LogP contribution in [0.15, 0.2) is 60.7 Å². The second kappa shape index (κ2) is 7.51. The molecule has 0 heterocycles. The van der Waals surface area contributed by atoms with Crippen molar-refractivity contribution in [1.29, 1.82) is 0 Å². The van der Waals surface area contributed by atoms with Crippen molar-refractivity contribution in [3.63, 3.8) is 0 Å². The van der Waals surface area contributed by atoms with Gasteiger partial charge in [0.05, 0.1) is 11.8 Å². The van der Waals surface area contributed by atoms with Gasteiger partial charge in [0.1, 0.15) is 0 Å². The highest BCUT2D eigenvalue weighted by atomic mass is 16.2. The van der Waals surface area contributed by atoms with Gasteiger partial charge in [-0.3, -0.25) is 9.59 Å². The topological polar surface area (TPSA) is 40.6 Å². The molecule has 1 aliphatic rings. The summed E-state index contributed by atoms with van der Waals surface area (Å²) in [6.07, 6.45) is 0.643. The van der Waals surface area contributed by atoms with Crippen molar-refractivity contribution in [2.45, 2.75) is 20.3 Å². The van der Waals surface area contributed by atoms with Gasteiger partial charge in [-0.1, -0.05) is 36.4 Å². The van der Waals surface area contributed by atoms with Crippen LogP contribution in [0.3, 0.4) is 0 Å². The maximum absolute atomic E-state index is 12.9. The normalized spacial score (nSPS) is 18.5. The molecule has 0 aliphatic heterocycles. The molecule has 2 aromatic rings. The molecule has 1 saturated carbocycles. The Kier molecular flexibility index (Phi) is 5.17. The zero-order chi connectivity index (χ0) is 17.8. The summed E-state index contributed by atoms with van der Waals surface area (Å²) in [5, 5.41) is 0. The van der Waals surface area contributed by atoms with E-state index in [1.165, 1.54) is 0 Å². The lowest BCUT2D eigenvalue weighted by Crippen LogP contribution is -2.36. The van der Waals surface area contributed by atoms with Crippen molar-refractivity contribution in [3.8, 4) is 0 Å². The van der Waals surface area contributed by atoms with Crippen LogP contribution in [0.4, 0.5) is 11.4 Å². The van der Waals surface area contributed by atoms with Crippen LogP contribution in [0, 0.1) is 11.8 Å². The van der Waals surface area contributed by atoms with Gasteiger partial charge in [0, 0.05) is 24.5 Å². The lowest BCUT2D eigenvalue weighted by Gasteiger charge is -2.23. The Bertz CT molecular complexity index is 667. The molecule has 4 heteroatoms. The number of hydrogen-bond acceptors (Lipinski definition) is 2. The summed E-state index contributed by atoms with van der Waals surface area (Å²) < 4.78 is 0. The Labute approximate surface area is 149 Å². The Hall–Kier alpha value is -2.62. The van der Waals surface area contributed by atoms with Gasteiger partial charge >= 0.3 is 0 Å². The minimum absolute atomic E-state index is 0.0520. The van der Waals surface area contributed by atoms with E-state index in [0.717, 1.165) is 11.4 Å². The predicted molar refractivity (Wildman–Crippen MR) is 101 cm³/mol. The van der Waals surface area contributed by atoms with Gasteiger partial charge in [-0.15, -0.1) is 0 Å². The van der Waals surface area contributed by atoms with Crippen molar-refractivity contribution in [3.05, 3.63) is 60.7 Å². The van der Waals surface area contributed by atoms with Gasteiger partial charge in [0.15, 0.2) is 0 Å². The van der Waals surface area contributed by atoms with Crippen LogP contribution in [0.2, 0.25) is 0 Å². The molecular formula is C21H24N2O2. The first-order valence-corrected chi connectivity index (χ1v) is 8.90. The van der Waals surface area contributed by atoms with Crippen molar-refractivity contribution >= 4 is 23.2 Å². The highest BCUT2D eigenvalue weighted by Crippen LogP contribution is 2.42. The highest BCUT2D eigenvalue weighted by Gasteiger charge is 2.50.